The number of methoxy groups -OCH3 is 1. The van der Waals surface area contributed by atoms with E-state index in [9.17, 15) is 8.78 Å². The zero-order valence-electron chi connectivity index (χ0n) is 10.5. The second-order valence-electron chi connectivity index (χ2n) is 3.85. The lowest BCUT2D eigenvalue weighted by molar-refractivity contribution is 0.394. The van der Waals surface area contributed by atoms with Crippen LogP contribution in [0.4, 0.5) is 8.78 Å². The van der Waals surface area contributed by atoms with Crippen LogP contribution in [0.3, 0.4) is 0 Å². The molecule has 19 heavy (non-hydrogen) atoms. The van der Waals surface area contributed by atoms with Crippen molar-refractivity contribution in [3.05, 3.63) is 53.5 Å². The van der Waals surface area contributed by atoms with Gasteiger partial charge in [-0.15, -0.1) is 0 Å². The zero-order valence-corrected chi connectivity index (χ0v) is 10.5. The number of hydrogen-bond acceptors (Lipinski definition) is 4. The topological polar surface area (TPSA) is 47.0 Å². The van der Waals surface area contributed by atoms with Gasteiger partial charge in [0.25, 0.3) is 0 Å². The average molecular weight is 265 g/mol. The molecule has 0 bridgehead atoms. The summed E-state index contributed by atoms with van der Waals surface area (Å²) in [6.45, 7) is 0. The van der Waals surface area contributed by atoms with Crippen LogP contribution < -0.4 is 10.1 Å². The molecule has 0 aliphatic heterocycles. The van der Waals surface area contributed by atoms with E-state index in [0.717, 1.165) is 6.07 Å². The van der Waals surface area contributed by atoms with E-state index < -0.39 is 17.7 Å². The molecule has 2 aromatic rings. The van der Waals surface area contributed by atoms with Crippen LogP contribution in [0.1, 0.15) is 17.3 Å². The van der Waals surface area contributed by atoms with E-state index >= 15 is 0 Å². The normalized spacial score (nSPS) is 12.2. The maximum absolute atomic E-state index is 13.8. The minimum atomic E-state index is -0.890. The Morgan fingerprint density at radius 2 is 2.05 bits per heavy atom. The van der Waals surface area contributed by atoms with Gasteiger partial charge in [0.1, 0.15) is 6.33 Å². The van der Waals surface area contributed by atoms with Crippen molar-refractivity contribution in [1.82, 2.24) is 15.3 Å². The fraction of sp³-hybridized carbons (Fsp3) is 0.231. The molecule has 0 radical (unpaired) electrons. The van der Waals surface area contributed by atoms with Gasteiger partial charge in [0, 0.05) is 11.6 Å². The van der Waals surface area contributed by atoms with Gasteiger partial charge in [0.2, 0.25) is 5.88 Å². The summed E-state index contributed by atoms with van der Waals surface area (Å²) in [6.07, 6.45) is 1.32. The Kier molecular flexibility index (Phi) is 4.01. The standard InChI is InChI=1S/C13H13F2N3O/c1-16-13(8-4-3-5-9(14)12(8)15)10-6-11(19-2)18-7-17-10/h3-7,13,16H,1-2H3. The number of halogens is 2. The maximum Gasteiger partial charge on any atom is 0.216 e. The number of nitrogens with one attached hydrogen (secondary N) is 1. The summed E-state index contributed by atoms with van der Waals surface area (Å²) < 4.78 is 32.1. The van der Waals surface area contributed by atoms with E-state index in [1.165, 1.54) is 25.6 Å². The Morgan fingerprint density at radius 1 is 1.26 bits per heavy atom. The summed E-state index contributed by atoms with van der Waals surface area (Å²) in [7, 11) is 3.12. The molecule has 0 amide bonds. The third kappa shape index (κ3) is 2.68. The first-order valence-electron chi connectivity index (χ1n) is 5.64. The highest BCUT2D eigenvalue weighted by Gasteiger charge is 2.20. The minimum absolute atomic E-state index is 0.184. The van der Waals surface area contributed by atoms with Crippen LogP contribution in [0.5, 0.6) is 5.88 Å². The van der Waals surface area contributed by atoms with E-state index in [-0.39, 0.29) is 5.56 Å². The number of aromatic nitrogens is 2. The minimum Gasteiger partial charge on any atom is -0.481 e. The van der Waals surface area contributed by atoms with Gasteiger partial charge in [0.05, 0.1) is 18.8 Å². The third-order valence-corrected chi connectivity index (χ3v) is 2.75. The highest BCUT2D eigenvalue weighted by molar-refractivity contribution is 5.31. The van der Waals surface area contributed by atoms with Crippen molar-refractivity contribution >= 4 is 0 Å². The highest BCUT2D eigenvalue weighted by atomic mass is 19.2. The van der Waals surface area contributed by atoms with E-state index in [4.69, 9.17) is 4.74 Å². The molecular weight excluding hydrogens is 252 g/mol. The van der Waals surface area contributed by atoms with Gasteiger partial charge in [-0.1, -0.05) is 12.1 Å². The molecule has 6 heteroatoms. The number of rotatable bonds is 4. The SMILES string of the molecule is CNC(c1cc(OC)ncn1)c1cccc(F)c1F. The predicted molar refractivity (Wildman–Crippen MR) is 65.8 cm³/mol. The molecule has 100 valence electrons. The Morgan fingerprint density at radius 3 is 2.74 bits per heavy atom. The third-order valence-electron chi connectivity index (χ3n) is 2.75. The Balaban J connectivity index is 2.46. The lowest BCUT2D eigenvalue weighted by Crippen LogP contribution is -2.20. The molecule has 0 aliphatic carbocycles. The summed E-state index contributed by atoms with van der Waals surface area (Å²) in [5.41, 5.74) is 0.683. The fourth-order valence-electron chi connectivity index (χ4n) is 1.83. The highest BCUT2D eigenvalue weighted by Crippen LogP contribution is 2.25. The number of ether oxygens (including phenoxy) is 1. The molecule has 1 aromatic heterocycles. The molecular formula is C13H13F2N3O. The van der Waals surface area contributed by atoms with Gasteiger partial charge in [-0.25, -0.2) is 18.7 Å². The van der Waals surface area contributed by atoms with Crippen LogP contribution in [0.15, 0.2) is 30.6 Å². The Bertz CT molecular complexity index is 578. The molecule has 0 fully saturated rings. The molecule has 4 nitrogen and oxygen atoms in total. The predicted octanol–water partition coefficient (Wildman–Crippen LogP) is 2.07. The lowest BCUT2D eigenvalue weighted by Gasteiger charge is -2.17. The van der Waals surface area contributed by atoms with Crippen molar-refractivity contribution in [2.45, 2.75) is 6.04 Å². The summed E-state index contributed by atoms with van der Waals surface area (Å²) >= 11 is 0. The van der Waals surface area contributed by atoms with Gasteiger partial charge >= 0.3 is 0 Å². The fourth-order valence-corrected chi connectivity index (χ4v) is 1.83. The first-order chi connectivity index (χ1) is 9.17. The number of hydrogen-bond donors (Lipinski definition) is 1. The first kappa shape index (κ1) is 13.4. The molecule has 0 spiro atoms. The van der Waals surface area contributed by atoms with E-state index in [1.54, 1.807) is 13.1 Å². The van der Waals surface area contributed by atoms with E-state index in [1.807, 2.05) is 0 Å². The first-order valence-corrected chi connectivity index (χ1v) is 5.64. The van der Waals surface area contributed by atoms with Gasteiger partial charge < -0.3 is 10.1 Å². The molecule has 1 aromatic carbocycles. The quantitative estimate of drug-likeness (QED) is 0.919. The van der Waals surface area contributed by atoms with Crippen LogP contribution in [0.25, 0.3) is 0 Å². The lowest BCUT2D eigenvalue weighted by atomic mass is 10.0. The second-order valence-corrected chi connectivity index (χ2v) is 3.85. The van der Waals surface area contributed by atoms with E-state index in [0.29, 0.717) is 11.6 Å². The Hall–Kier alpha value is -2.08. The van der Waals surface area contributed by atoms with Crippen molar-refractivity contribution in [1.29, 1.82) is 0 Å². The summed E-state index contributed by atoms with van der Waals surface area (Å²) in [5.74, 6) is -1.42. The molecule has 0 saturated carbocycles. The Labute approximate surface area is 109 Å². The molecule has 1 N–H and O–H groups in total. The zero-order chi connectivity index (χ0) is 13.8. The number of nitrogens with zero attached hydrogens (tertiary/aromatic N) is 2. The van der Waals surface area contributed by atoms with Crippen molar-refractivity contribution in [3.63, 3.8) is 0 Å². The second kappa shape index (κ2) is 5.71. The maximum atomic E-state index is 13.8. The van der Waals surface area contributed by atoms with Crippen molar-refractivity contribution in [2.75, 3.05) is 14.2 Å². The van der Waals surface area contributed by atoms with Crippen LogP contribution >= 0.6 is 0 Å². The van der Waals surface area contributed by atoms with Crippen LogP contribution in [-0.4, -0.2) is 24.1 Å². The van der Waals surface area contributed by atoms with Crippen molar-refractivity contribution < 1.29 is 13.5 Å². The van der Waals surface area contributed by atoms with Crippen LogP contribution in [-0.2, 0) is 0 Å². The number of benzene rings is 1. The molecule has 1 unspecified atom stereocenters. The summed E-state index contributed by atoms with van der Waals surface area (Å²) in [5, 5.41) is 2.90. The van der Waals surface area contributed by atoms with Gasteiger partial charge in [-0.3, -0.25) is 0 Å². The van der Waals surface area contributed by atoms with Crippen molar-refractivity contribution in [2.24, 2.45) is 0 Å². The largest absolute Gasteiger partial charge is 0.481 e. The van der Waals surface area contributed by atoms with Crippen LogP contribution in [0.2, 0.25) is 0 Å². The summed E-state index contributed by atoms with van der Waals surface area (Å²) in [6, 6.07) is 5.04. The smallest absolute Gasteiger partial charge is 0.216 e. The molecule has 0 saturated heterocycles. The molecule has 1 atom stereocenters. The molecule has 2 rings (SSSR count). The monoisotopic (exact) mass is 265 g/mol. The van der Waals surface area contributed by atoms with Gasteiger partial charge in [0.15, 0.2) is 11.6 Å². The van der Waals surface area contributed by atoms with Gasteiger partial charge in [-0.05, 0) is 13.1 Å². The van der Waals surface area contributed by atoms with Crippen molar-refractivity contribution in [3.8, 4) is 5.88 Å². The molecule has 1 heterocycles. The molecule has 0 aliphatic rings. The van der Waals surface area contributed by atoms with Crippen LogP contribution in [0, 0.1) is 11.6 Å². The van der Waals surface area contributed by atoms with E-state index in [2.05, 4.69) is 15.3 Å². The summed E-state index contributed by atoms with van der Waals surface area (Å²) in [4.78, 5) is 7.94. The average Bonchev–Trinajstić information content (AvgIpc) is 2.44. The van der Waals surface area contributed by atoms with Gasteiger partial charge in [-0.2, -0.15) is 0 Å².